The summed E-state index contributed by atoms with van der Waals surface area (Å²) in [5.41, 5.74) is 2.32. The fourth-order valence-electron chi connectivity index (χ4n) is 2.66. The zero-order valence-electron chi connectivity index (χ0n) is 12.8. The number of hydrogen-bond acceptors (Lipinski definition) is 3. The maximum atomic E-state index is 11.8. The smallest absolute Gasteiger partial charge is 0.332 e. The molecule has 4 nitrogen and oxygen atoms in total. The van der Waals surface area contributed by atoms with Gasteiger partial charge in [-0.25, -0.2) is 4.79 Å². The largest absolute Gasteiger partial charge is 0.341 e. The third-order valence-corrected chi connectivity index (χ3v) is 3.98. The van der Waals surface area contributed by atoms with Crippen molar-refractivity contribution < 1.29 is 14.4 Å². The molecule has 0 aliphatic heterocycles. The van der Waals surface area contributed by atoms with Crippen LogP contribution in [0.25, 0.3) is 0 Å². The lowest BCUT2D eigenvalue weighted by atomic mass is 9.89. The van der Waals surface area contributed by atoms with Crippen molar-refractivity contribution >= 4 is 11.9 Å². The molecule has 116 valence electrons. The van der Waals surface area contributed by atoms with Gasteiger partial charge in [-0.3, -0.25) is 4.79 Å². The first-order valence-electron chi connectivity index (χ1n) is 8.23. The second-order valence-electron chi connectivity index (χ2n) is 5.79. The van der Waals surface area contributed by atoms with Crippen LogP contribution in [0.1, 0.15) is 84.0 Å². The monoisotopic (exact) mass is 283 g/mol. The summed E-state index contributed by atoms with van der Waals surface area (Å²) in [6, 6.07) is 0. The van der Waals surface area contributed by atoms with Gasteiger partial charge in [0, 0.05) is 12.3 Å². The van der Waals surface area contributed by atoms with Crippen molar-refractivity contribution in [1.29, 1.82) is 0 Å². The Kier molecular flexibility index (Phi) is 9.09. The summed E-state index contributed by atoms with van der Waals surface area (Å²) in [4.78, 5) is 28.1. The number of amides is 1. The maximum Gasteiger partial charge on any atom is 0.332 e. The minimum atomic E-state index is -0.315. The van der Waals surface area contributed by atoms with Gasteiger partial charge in [0.1, 0.15) is 0 Å². The molecule has 1 amide bonds. The third kappa shape index (κ3) is 7.51. The van der Waals surface area contributed by atoms with Gasteiger partial charge >= 0.3 is 5.97 Å². The summed E-state index contributed by atoms with van der Waals surface area (Å²) in [5, 5.41) is 0. The zero-order chi connectivity index (χ0) is 14.6. The van der Waals surface area contributed by atoms with E-state index < -0.39 is 0 Å². The van der Waals surface area contributed by atoms with Gasteiger partial charge in [-0.2, -0.15) is 5.48 Å². The van der Waals surface area contributed by atoms with Gasteiger partial charge in [0.2, 0.25) is 0 Å². The van der Waals surface area contributed by atoms with E-state index in [2.05, 4.69) is 12.4 Å². The summed E-state index contributed by atoms with van der Waals surface area (Å²) in [5.74, 6) is -0.406. The van der Waals surface area contributed by atoms with Gasteiger partial charge in [0.25, 0.3) is 5.91 Å². The van der Waals surface area contributed by atoms with Crippen molar-refractivity contribution in [3.8, 4) is 0 Å². The summed E-state index contributed by atoms with van der Waals surface area (Å²) < 4.78 is 0. The van der Waals surface area contributed by atoms with E-state index in [9.17, 15) is 9.59 Å². The highest BCUT2D eigenvalue weighted by molar-refractivity contribution is 5.79. The molecule has 0 aromatic heterocycles. The van der Waals surface area contributed by atoms with E-state index in [0.29, 0.717) is 6.42 Å². The minimum absolute atomic E-state index is 0.0330. The van der Waals surface area contributed by atoms with Crippen molar-refractivity contribution in [3.63, 3.8) is 0 Å². The van der Waals surface area contributed by atoms with Crippen LogP contribution in [0, 0.1) is 5.92 Å². The fourth-order valence-corrected chi connectivity index (χ4v) is 2.66. The number of rotatable bonds is 8. The predicted octanol–water partition coefficient (Wildman–Crippen LogP) is 3.89. The van der Waals surface area contributed by atoms with Crippen LogP contribution in [-0.2, 0) is 14.4 Å². The molecule has 1 fully saturated rings. The number of hydrogen-bond donors (Lipinski definition) is 1. The van der Waals surface area contributed by atoms with Crippen LogP contribution < -0.4 is 5.48 Å². The lowest BCUT2D eigenvalue weighted by Crippen LogP contribution is -2.33. The van der Waals surface area contributed by atoms with Gasteiger partial charge in [-0.15, -0.1) is 0 Å². The second kappa shape index (κ2) is 10.7. The summed E-state index contributed by atoms with van der Waals surface area (Å²) >= 11 is 0. The van der Waals surface area contributed by atoms with Crippen LogP contribution in [0.3, 0.4) is 0 Å². The SMILES string of the molecule is CCCCCCCCC(=O)ONC(=O)C1CCCCC1. The Hall–Kier alpha value is -1.06. The normalized spacial score (nSPS) is 15.8. The summed E-state index contributed by atoms with van der Waals surface area (Å²) in [7, 11) is 0. The number of unbranched alkanes of at least 4 members (excludes halogenated alkanes) is 5. The Bertz CT molecular complexity index is 285. The first-order chi connectivity index (χ1) is 9.74. The van der Waals surface area contributed by atoms with E-state index in [4.69, 9.17) is 4.84 Å². The lowest BCUT2D eigenvalue weighted by molar-refractivity contribution is -0.160. The second-order valence-corrected chi connectivity index (χ2v) is 5.79. The number of nitrogens with one attached hydrogen (secondary N) is 1. The molecule has 0 radical (unpaired) electrons. The van der Waals surface area contributed by atoms with Gasteiger partial charge in [-0.05, 0) is 19.3 Å². The van der Waals surface area contributed by atoms with E-state index in [1.807, 2.05) is 0 Å². The van der Waals surface area contributed by atoms with Crippen LogP contribution >= 0.6 is 0 Å². The molecule has 1 saturated carbocycles. The highest BCUT2D eigenvalue weighted by Gasteiger charge is 2.21. The quantitative estimate of drug-likeness (QED) is 0.543. The molecule has 1 rings (SSSR count). The Balaban J connectivity index is 2.00. The third-order valence-electron chi connectivity index (χ3n) is 3.98. The van der Waals surface area contributed by atoms with Crippen molar-refractivity contribution in [2.75, 3.05) is 0 Å². The minimum Gasteiger partial charge on any atom is -0.341 e. The highest BCUT2D eigenvalue weighted by atomic mass is 16.7. The molecule has 20 heavy (non-hydrogen) atoms. The molecule has 0 bridgehead atoms. The number of carbonyl (C=O) groups is 2. The molecule has 0 aromatic carbocycles. The average Bonchev–Trinajstić information content (AvgIpc) is 2.49. The number of hydroxylamine groups is 1. The Morgan fingerprint density at radius 2 is 1.65 bits per heavy atom. The molecule has 1 aliphatic rings. The van der Waals surface area contributed by atoms with E-state index in [1.165, 1.54) is 32.1 Å². The summed E-state index contributed by atoms with van der Waals surface area (Å²) in [6.45, 7) is 2.19. The molecule has 1 aliphatic carbocycles. The molecular formula is C16H29NO3. The number of carbonyl (C=O) groups excluding carboxylic acids is 2. The maximum absolute atomic E-state index is 11.8. The van der Waals surface area contributed by atoms with Gasteiger partial charge in [-0.1, -0.05) is 58.3 Å². The average molecular weight is 283 g/mol. The topological polar surface area (TPSA) is 55.4 Å². The molecule has 0 atom stereocenters. The van der Waals surface area contributed by atoms with Crippen molar-refractivity contribution in [3.05, 3.63) is 0 Å². The molecule has 0 unspecified atom stereocenters. The van der Waals surface area contributed by atoms with Gasteiger partial charge in [0.15, 0.2) is 0 Å². The standard InChI is InChI=1S/C16H29NO3/c1-2-3-4-5-6-10-13-15(18)20-17-16(19)14-11-8-7-9-12-14/h14H,2-13H2,1H3,(H,17,19). The molecule has 4 heteroatoms. The van der Waals surface area contributed by atoms with Crippen LogP contribution in [0.15, 0.2) is 0 Å². The zero-order valence-corrected chi connectivity index (χ0v) is 12.8. The van der Waals surface area contributed by atoms with E-state index in [0.717, 1.165) is 38.5 Å². The lowest BCUT2D eigenvalue weighted by Gasteiger charge is -2.20. The van der Waals surface area contributed by atoms with Crippen molar-refractivity contribution in [2.24, 2.45) is 5.92 Å². The Labute approximate surface area is 122 Å². The van der Waals surface area contributed by atoms with Gasteiger partial charge in [0.05, 0.1) is 0 Å². The van der Waals surface area contributed by atoms with E-state index in [-0.39, 0.29) is 17.8 Å². The Morgan fingerprint density at radius 1 is 1.00 bits per heavy atom. The fraction of sp³-hybridized carbons (Fsp3) is 0.875. The molecule has 0 saturated heterocycles. The molecule has 0 heterocycles. The molecule has 1 N–H and O–H groups in total. The van der Waals surface area contributed by atoms with E-state index in [1.54, 1.807) is 0 Å². The van der Waals surface area contributed by atoms with Crippen molar-refractivity contribution in [1.82, 2.24) is 5.48 Å². The molecular weight excluding hydrogens is 254 g/mol. The molecule has 0 aromatic rings. The van der Waals surface area contributed by atoms with Crippen molar-refractivity contribution in [2.45, 2.75) is 84.0 Å². The van der Waals surface area contributed by atoms with Crippen LogP contribution in [0.4, 0.5) is 0 Å². The van der Waals surface area contributed by atoms with Gasteiger partial charge < -0.3 is 4.84 Å². The van der Waals surface area contributed by atoms with Crippen LogP contribution in [0.5, 0.6) is 0 Å². The molecule has 0 spiro atoms. The predicted molar refractivity (Wildman–Crippen MR) is 78.8 cm³/mol. The Morgan fingerprint density at radius 3 is 2.35 bits per heavy atom. The first-order valence-corrected chi connectivity index (χ1v) is 8.23. The first kappa shape index (κ1) is 17.0. The van der Waals surface area contributed by atoms with Crippen LogP contribution in [0.2, 0.25) is 0 Å². The van der Waals surface area contributed by atoms with E-state index >= 15 is 0 Å². The van der Waals surface area contributed by atoms with Crippen LogP contribution in [-0.4, -0.2) is 11.9 Å². The highest BCUT2D eigenvalue weighted by Crippen LogP contribution is 2.23. The summed E-state index contributed by atoms with van der Waals surface area (Å²) in [6.07, 6.45) is 12.5.